The predicted octanol–water partition coefficient (Wildman–Crippen LogP) is 2.23. The van der Waals surface area contributed by atoms with Crippen LogP contribution in [0.3, 0.4) is 0 Å². The van der Waals surface area contributed by atoms with E-state index in [9.17, 15) is 9.59 Å². The van der Waals surface area contributed by atoms with Crippen molar-refractivity contribution in [2.75, 3.05) is 13.2 Å². The Labute approximate surface area is 116 Å². The van der Waals surface area contributed by atoms with Gasteiger partial charge in [0.2, 0.25) is 0 Å². The number of ether oxygens (including phenoxy) is 1. The van der Waals surface area contributed by atoms with Crippen molar-refractivity contribution in [2.24, 2.45) is 0 Å². The highest BCUT2D eigenvalue weighted by molar-refractivity contribution is 6.31. The lowest BCUT2D eigenvalue weighted by Crippen LogP contribution is -2.48. The van der Waals surface area contributed by atoms with Gasteiger partial charge in [-0.2, -0.15) is 0 Å². The zero-order chi connectivity index (χ0) is 13.8. The minimum atomic E-state index is -0.483. The van der Waals surface area contributed by atoms with Crippen LogP contribution in [-0.4, -0.2) is 41.0 Å². The molecule has 0 aromatic carbocycles. The van der Waals surface area contributed by atoms with Crippen molar-refractivity contribution in [3.63, 3.8) is 0 Å². The summed E-state index contributed by atoms with van der Waals surface area (Å²) in [6, 6.07) is 1.09. The Hall–Kier alpha value is -1.49. The standard InChI is InChI=1S/C13H17ClN2O3/c1-2-19-13(18)11-5-3-4-6-16(11)12(17)10-7-9(14)8-15-10/h7-8,11,15H,2-6H2,1H3. The van der Waals surface area contributed by atoms with Gasteiger partial charge in [0, 0.05) is 12.7 Å². The van der Waals surface area contributed by atoms with Crippen molar-refractivity contribution in [1.82, 2.24) is 9.88 Å². The minimum Gasteiger partial charge on any atom is -0.464 e. The third kappa shape index (κ3) is 3.10. The van der Waals surface area contributed by atoms with Gasteiger partial charge in [-0.3, -0.25) is 4.79 Å². The third-order valence-corrected chi connectivity index (χ3v) is 3.42. The van der Waals surface area contributed by atoms with E-state index in [0.717, 1.165) is 12.8 Å². The van der Waals surface area contributed by atoms with E-state index in [2.05, 4.69) is 4.98 Å². The number of carbonyl (C=O) groups excluding carboxylic acids is 2. The summed E-state index contributed by atoms with van der Waals surface area (Å²) in [7, 11) is 0. The zero-order valence-electron chi connectivity index (χ0n) is 10.8. The van der Waals surface area contributed by atoms with Crippen molar-refractivity contribution >= 4 is 23.5 Å². The van der Waals surface area contributed by atoms with E-state index >= 15 is 0 Å². The fourth-order valence-electron chi connectivity index (χ4n) is 2.30. The lowest BCUT2D eigenvalue weighted by atomic mass is 10.0. The van der Waals surface area contributed by atoms with Gasteiger partial charge < -0.3 is 14.6 Å². The van der Waals surface area contributed by atoms with Crippen LogP contribution >= 0.6 is 11.6 Å². The van der Waals surface area contributed by atoms with Crippen LogP contribution in [0.25, 0.3) is 0 Å². The highest BCUT2D eigenvalue weighted by atomic mass is 35.5. The molecule has 1 atom stereocenters. The molecule has 1 aliphatic heterocycles. The first-order chi connectivity index (χ1) is 9.13. The van der Waals surface area contributed by atoms with Crippen LogP contribution in [0.2, 0.25) is 5.02 Å². The number of likely N-dealkylation sites (tertiary alicyclic amines) is 1. The molecule has 5 nitrogen and oxygen atoms in total. The van der Waals surface area contributed by atoms with Gasteiger partial charge in [-0.25, -0.2) is 4.79 Å². The van der Waals surface area contributed by atoms with Gasteiger partial charge >= 0.3 is 5.97 Å². The average Bonchev–Trinajstić information content (AvgIpc) is 2.85. The van der Waals surface area contributed by atoms with Crippen molar-refractivity contribution in [3.8, 4) is 0 Å². The summed E-state index contributed by atoms with van der Waals surface area (Å²) < 4.78 is 5.03. The molecule has 0 aliphatic carbocycles. The highest BCUT2D eigenvalue weighted by Crippen LogP contribution is 2.21. The van der Waals surface area contributed by atoms with Crippen LogP contribution in [0, 0.1) is 0 Å². The number of esters is 1. The molecular formula is C13H17ClN2O3. The zero-order valence-corrected chi connectivity index (χ0v) is 11.6. The summed E-state index contributed by atoms with van der Waals surface area (Å²) in [6.45, 7) is 2.66. The Kier molecular flexibility index (Phi) is 4.47. The second-order valence-corrected chi connectivity index (χ2v) is 4.93. The monoisotopic (exact) mass is 284 g/mol. The van der Waals surface area contributed by atoms with Crippen LogP contribution in [0.5, 0.6) is 0 Å². The van der Waals surface area contributed by atoms with Crippen LogP contribution in [0.4, 0.5) is 0 Å². The molecule has 1 aromatic heterocycles. The SMILES string of the molecule is CCOC(=O)C1CCCCN1C(=O)c1cc(Cl)c[nH]1. The maximum atomic E-state index is 12.4. The summed E-state index contributed by atoms with van der Waals surface area (Å²) in [5.74, 6) is -0.530. The molecule has 2 rings (SSSR count). The van der Waals surface area contributed by atoms with Gasteiger partial charge in [0.25, 0.3) is 5.91 Å². The molecule has 1 aromatic rings. The Balaban J connectivity index is 2.15. The van der Waals surface area contributed by atoms with E-state index in [0.29, 0.717) is 30.3 Å². The van der Waals surface area contributed by atoms with E-state index in [1.807, 2.05) is 0 Å². The van der Waals surface area contributed by atoms with E-state index in [4.69, 9.17) is 16.3 Å². The number of aromatic amines is 1. The normalized spacial score (nSPS) is 19.3. The number of carbonyl (C=O) groups is 2. The molecule has 6 heteroatoms. The molecule has 0 saturated carbocycles. The predicted molar refractivity (Wildman–Crippen MR) is 71.1 cm³/mol. The fraction of sp³-hybridized carbons (Fsp3) is 0.538. The Bertz CT molecular complexity index is 472. The minimum absolute atomic E-state index is 0.204. The summed E-state index contributed by atoms with van der Waals surface area (Å²) in [5.41, 5.74) is 0.404. The lowest BCUT2D eigenvalue weighted by Gasteiger charge is -2.33. The third-order valence-electron chi connectivity index (χ3n) is 3.20. The smallest absolute Gasteiger partial charge is 0.328 e. The lowest BCUT2D eigenvalue weighted by molar-refractivity contribution is -0.149. The number of hydrogen-bond acceptors (Lipinski definition) is 3. The van der Waals surface area contributed by atoms with Crippen LogP contribution in [0.1, 0.15) is 36.7 Å². The average molecular weight is 285 g/mol. The van der Waals surface area contributed by atoms with Crippen LogP contribution in [-0.2, 0) is 9.53 Å². The molecule has 19 heavy (non-hydrogen) atoms. The molecule has 1 amide bonds. The molecule has 0 radical (unpaired) electrons. The maximum absolute atomic E-state index is 12.4. The van der Waals surface area contributed by atoms with Crippen LogP contribution < -0.4 is 0 Å². The van der Waals surface area contributed by atoms with Crippen molar-refractivity contribution in [3.05, 3.63) is 23.0 Å². The largest absolute Gasteiger partial charge is 0.464 e. The Morgan fingerprint density at radius 3 is 2.95 bits per heavy atom. The van der Waals surface area contributed by atoms with Gasteiger partial charge in [0.1, 0.15) is 11.7 Å². The van der Waals surface area contributed by atoms with E-state index < -0.39 is 6.04 Å². The molecule has 1 aliphatic rings. The number of aromatic nitrogens is 1. The molecule has 1 N–H and O–H groups in total. The summed E-state index contributed by atoms with van der Waals surface area (Å²) in [6.07, 6.45) is 4.03. The molecule has 104 valence electrons. The molecule has 0 spiro atoms. The number of piperidine rings is 1. The number of nitrogens with zero attached hydrogens (tertiary/aromatic N) is 1. The first-order valence-electron chi connectivity index (χ1n) is 6.45. The Morgan fingerprint density at radius 1 is 1.53 bits per heavy atom. The fourth-order valence-corrected chi connectivity index (χ4v) is 2.47. The number of halogens is 1. The number of nitrogens with one attached hydrogen (secondary N) is 1. The molecule has 1 saturated heterocycles. The second-order valence-electron chi connectivity index (χ2n) is 4.49. The summed E-state index contributed by atoms with van der Waals surface area (Å²) >= 11 is 5.80. The first-order valence-corrected chi connectivity index (χ1v) is 6.82. The van der Waals surface area contributed by atoms with E-state index in [-0.39, 0.29) is 11.9 Å². The Morgan fingerprint density at radius 2 is 2.32 bits per heavy atom. The molecule has 1 fully saturated rings. The molecule has 2 heterocycles. The number of H-pyrrole nitrogens is 1. The van der Waals surface area contributed by atoms with Gasteiger partial charge in [-0.05, 0) is 32.3 Å². The summed E-state index contributed by atoms with van der Waals surface area (Å²) in [4.78, 5) is 28.6. The van der Waals surface area contributed by atoms with Crippen molar-refractivity contribution in [2.45, 2.75) is 32.2 Å². The van der Waals surface area contributed by atoms with Crippen molar-refractivity contribution in [1.29, 1.82) is 0 Å². The highest BCUT2D eigenvalue weighted by Gasteiger charge is 2.34. The summed E-state index contributed by atoms with van der Waals surface area (Å²) in [5, 5.41) is 0.480. The van der Waals surface area contributed by atoms with E-state index in [1.54, 1.807) is 24.1 Å². The van der Waals surface area contributed by atoms with Gasteiger partial charge in [-0.1, -0.05) is 11.6 Å². The maximum Gasteiger partial charge on any atom is 0.328 e. The number of rotatable bonds is 3. The second kappa shape index (κ2) is 6.10. The topological polar surface area (TPSA) is 62.4 Å². The van der Waals surface area contributed by atoms with Crippen LogP contribution in [0.15, 0.2) is 12.3 Å². The van der Waals surface area contributed by atoms with Gasteiger partial charge in [0.15, 0.2) is 0 Å². The van der Waals surface area contributed by atoms with Gasteiger partial charge in [-0.15, -0.1) is 0 Å². The molecule has 1 unspecified atom stereocenters. The van der Waals surface area contributed by atoms with E-state index in [1.165, 1.54) is 0 Å². The number of amides is 1. The first kappa shape index (κ1) is 13.9. The number of hydrogen-bond donors (Lipinski definition) is 1. The van der Waals surface area contributed by atoms with Gasteiger partial charge in [0.05, 0.1) is 11.6 Å². The molecule has 0 bridgehead atoms. The van der Waals surface area contributed by atoms with Crippen molar-refractivity contribution < 1.29 is 14.3 Å². The molecular weight excluding hydrogens is 268 g/mol. The quantitative estimate of drug-likeness (QED) is 0.866.